The highest BCUT2D eigenvalue weighted by molar-refractivity contribution is 9.10. The molecular formula is C11H9BrO3. The van der Waals surface area contributed by atoms with E-state index in [1.54, 1.807) is 6.07 Å². The normalized spacial score (nSPS) is 10.9. The van der Waals surface area contributed by atoms with Crippen LogP contribution in [0.1, 0.15) is 21.7 Å². The second kappa shape index (κ2) is 3.38. The van der Waals surface area contributed by atoms with E-state index in [9.17, 15) is 4.79 Å². The van der Waals surface area contributed by atoms with Crippen LogP contribution >= 0.6 is 15.9 Å². The van der Waals surface area contributed by atoms with Gasteiger partial charge in [0.15, 0.2) is 0 Å². The Morgan fingerprint density at radius 3 is 2.67 bits per heavy atom. The molecule has 2 rings (SSSR count). The molecule has 0 saturated heterocycles. The Hall–Kier alpha value is -1.29. The quantitative estimate of drug-likeness (QED) is 0.861. The average molecular weight is 269 g/mol. The van der Waals surface area contributed by atoms with E-state index >= 15 is 0 Å². The third-order valence-electron chi connectivity index (χ3n) is 2.41. The van der Waals surface area contributed by atoms with Gasteiger partial charge in [-0.1, -0.05) is 15.9 Å². The number of fused-ring (bicyclic) bond motifs is 1. The minimum atomic E-state index is -1.04. The maximum absolute atomic E-state index is 10.8. The Bertz CT molecular complexity index is 554. The van der Waals surface area contributed by atoms with E-state index in [0.29, 0.717) is 5.58 Å². The number of halogens is 1. The van der Waals surface area contributed by atoms with Gasteiger partial charge in [0.2, 0.25) is 5.76 Å². The molecule has 15 heavy (non-hydrogen) atoms. The SMILES string of the molecule is Cc1c(Br)cc(C)c2oc(C(=O)O)cc12. The fourth-order valence-corrected chi connectivity index (χ4v) is 2.12. The molecule has 2 aromatic rings. The van der Waals surface area contributed by atoms with Gasteiger partial charge in [-0.05, 0) is 37.1 Å². The summed E-state index contributed by atoms with van der Waals surface area (Å²) in [6.07, 6.45) is 0. The lowest BCUT2D eigenvalue weighted by Gasteiger charge is -2.01. The molecule has 1 aromatic carbocycles. The lowest BCUT2D eigenvalue weighted by atomic mass is 10.1. The summed E-state index contributed by atoms with van der Waals surface area (Å²) in [7, 11) is 0. The Labute approximate surface area is 94.8 Å². The molecule has 1 N–H and O–H groups in total. The first-order valence-corrected chi connectivity index (χ1v) is 5.22. The zero-order valence-electron chi connectivity index (χ0n) is 8.30. The first-order valence-electron chi connectivity index (χ1n) is 4.43. The number of benzene rings is 1. The number of hydrogen-bond donors (Lipinski definition) is 1. The summed E-state index contributed by atoms with van der Waals surface area (Å²) < 4.78 is 6.24. The smallest absolute Gasteiger partial charge is 0.371 e. The molecule has 78 valence electrons. The molecular weight excluding hydrogens is 260 g/mol. The second-order valence-corrected chi connectivity index (χ2v) is 4.31. The predicted molar refractivity (Wildman–Crippen MR) is 60.3 cm³/mol. The van der Waals surface area contributed by atoms with E-state index < -0.39 is 5.97 Å². The molecule has 0 saturated carbocycles. The fraction of sp³-hybridized carbons (Fsp3) is 0.182. The minimum absolute atomic E-state index is 0.0192. The van der Waals surface area contributed by atoms with E-state index in [4.69, 9.17) is 9.52 Å². The lowest BCUT2D eigenvalue weighted by Crippen LogP contribution is -1.91. The number of furan rings is 1. The van der Waals surface area contributed by atoms with Crippen LogP contribution < -0.4 is 0 Å². The lowest BCUT2D eigenvalue weighted by molar-refractivity contribution is 0.0665. The van der Waals surface area contributed by atoms with Crippen molar-refractivity contribution in [1.82, 2.24) is 0 Å². The highest BCUT2D eigenvalue weighted by Gasteiger charge is 2.14. The standard InChI is InChI=1S/C11H9BrO3/c1-5-3-8(12)6(2)7-4-9(11(13)14)15-10(5)7/h3-4H,1-2H3,(H,13,14). The molecule has 0 unspecified atom stereocenters. The molecule has 3 nitrogen and oxygen atoms in total. The van der Waals surface area contributed by atoms with E-state index in [1.807, 2.05) is 19.9 Å². The number of carboxylic acid groups (broad SMARTS) is 1. The summed E-state index contributed by atoms with van der Waals surface area (Å²) in [5.74, 6) is -1.06. The van der Waals surface area contributed by atoms with Gasteiger partial charge in [-0.25, -0.2) is 4.79 Å². The van der Waals surface area contributed by atoms with E-state index in [1.165, 1.54) is 0 Å². The molecule has 0 aliphatic heterocycles. The number of hydrogen-bond acceptors (Lipinski definition) is 2. The molecule has 0 amide bonds. The van der Waals surface area contributed by atoms with Gasteiger partial charge < -0.3 is 9.52 Å². The van der Waals surface area contributed by atoms with E-state index in [2.05, 4.69) is 15.9 Å². The first kappa shape index (κ1) is 10.2. The van der Waals surface area contributed by atoms with Crippen LogP contribution in [0.2, 0.25) is 0 Å². The van der Waals surface area contributed by atoms with Gasteiger partial charge in [0, 0.05) is 9.86 Å². The Morgan fingerprint density at radius 1 is 1.40 bits per heavy atom. The average Bonchev–Trinajstić information content (AvgIpc) is 2.59. The van der Waals surface area contributed by atoms with Gasteiger partial charge in [-0.3, -0.25) is 0 Å². The maximum atomic E-state index is 10.8. The third-order valence-corrected chi connectivity index (χ3v) is 3.23. The Kier molecular flexibility index (Phi) is 2.31. The topological polar surface area (TPSA) is 50.4 Å². The van der Waals surface area contributed by atoms with Gasteiger partial charge in [-0.2, -0.15) is 0 Å². The fourth-order valence-electron chi connectivity index (χ4n) is 1.56. The summed E-state index contributed by atoms with van der Waals surface area (Å²) in [5, 5.41) is 9.68. The predicted octanol–water partition coefficient (Wildman–Crippen LogP) is 3.51. The molecule has 0 radical (unpaired) electrons. The Morgan fingerprint density at radius 2 is 2.07 bits per heavy atom. The van der Waals surface area contributed by atoms with E-state index in [-0.39, 0.29) is 5.76 Å². The van der Waals surface area contributed by atoms with Gasteiger partial charge in [0.1, 0.15) is 5.58 Å². The van der Waals surface area contributed by atoms with Crippen molar-refractivity contribution in [3.63, 3.8) is 0 Å². The highest BCUT2D eigenvalue weighted by Crippen LogP contribution is 2.31. The summed E-state index contributed by atoms with van der Waals surface area (Å²) in [6, 6.07) is 3.48. The minimum Gasteiger partial charge on any atom is -0.475 e. The number of rotatable bonds is 1. The molecule has 0 fully saturated rings. The molecule has 1 aromatic heterocycles. The van der Waals surface area contributed by atoms with Crippen LogP contribution in [0.5, 0.6) is 0 Å². The molecule has 1 heterocycles. The second-order valence-electron chi connectivity index (χ2n) is 3.46. The van der Waals surface area contributed by atoms with Crippen LogP contribution in [0.3, 0.4) is 0 Å². The molecule has 0 atom stereocenters. The van der Waals surface area contributed by atoms with Gasteiger partial charge in [0.25, 0.3) is 0 Å². The summed E-state index contributed by atoms with van der Waals surface area (Å²) in [4.78, 5) is 10.8. The number of aryl methyl sites for hydroxylation is 2. The maximum Gasteiger partial charge on any atom is 0.371 e. The van der Waals surface area contributed by atoms with Crippen molar-refractivity contribution in [2.24, 2.45) is 0 Å². The Balaban J connectivity index is 2.85. The van der Waals surface area contributed by atoms with Crippen LogP contribution in [0.4, 0.5) is 0 Å². The van der Waals surface area contributed by atoms with Crippen molar-refractivity contribution in [2.45, 2.75) is 13.8 Å². The van der Waals surface area contributed by atoms with Crippen molar-refractivity contribution in [3.05, 3.63) is 33.5 Å². The van der Waals surface area contributed by atoms with Crippen LogP contribution in [0.25, 0.3) is 11.0 Å². The van der Waals surface area contributed by atoms with Crippen LogP contribution in [-0.2, 0) is 0 Å². The highest BCUT2D eigenvalue weighted by atomic mass is 79.9. The van der Waals surface area contributed by atoms with Crippen molar-refractivity contribution in [2.75, 3.05) is 0 Å². The number of carboxylic acids is 1. The van der Waals surface area contributed by atoms with Crippen molar-refractivity contribution in [1.29, 1.82) is 0 Å². The first-order chi connectivity index (χ1) is 7.00. The van der Waals surface area contributed by atoms with Crippen molar-refractivity contribution >= 4 is 32.9 Å². The largest absolute Gasteiger partial charge is 0.475 e. The van der Waals surface area contributed by atoms with Crippen molar-refractivity contribution in [3.8, 4) is 0 Å². The zero-order chi connectivity index (χ0) is 11.2. The number of aromatic carboxylic acids is 1. The molecule has 0 aliphatic carbocycles. The third kappa shape index (κ3) is 1.55. The van der Waals surface area contributed by atoms with Crippen LogP contribution in [0.15, 0.2) is 21.0 Å². The van der Waals surface area contributed by atoms with Gasteiger partial charge >= 0.3 is 5.97 Å². The van der Waals surface area contributed by atoms with Gasteiger partial charge in [-0.15, -0.1) is 0 Å². The molecule has 0 bridgehead atoms. The van der Waals surface area contributed by atoms with Crippen LogP contribution in [-0.4, -0.2) is 11.1 Å². The molecule has 0 aliphatic rings. The number of carbonyl (C=O) groups is 1. The molecule has 0 spiro atoms. The van der Waals surface area contributed by atoms with E-state index in [0.717, 1.165) is 21.0 Å². The zero-order valence-corrected chi connectivity index (χ0v) is 9.88. The van der Waals surface area contributed by atoms with Crippen LogP contribution in [0, 0.1) is 13.8 Å². The monoisotopic (exact) mass is 268 g/mol. The summed E-state index contributed by atoms with van der Waals surface area (Å²) in [6.45, 7) is 3.81. The summed E-state index contributed by atoms with van der Waals surface area (Å²) in [5.41, 5.74) is 2.56. The molecule has 4 heteroatoms. The van der Waals surface area contributed by atoms with Gasteiger partial charge in [0.05, 0.1) is 0 Å². The summed E-state index contributed by atoms with van der Waals surface area (Å²) >= 11 is 3.42. The van der Waals surface area contributed by atoms with Crippen molar-refractivity contribution < 1.29 is 14.3 Å².